The molecule has 1 aliphatic heterocycles. The lowest BCUT2D eigenvalue weighted by molar-refractivity contribution is 0.720. The topological polar surface area (TPSA) is 48.5 Å². The summed E-state index contributed by atoms with van der Waals surface area (Å²) in [5.74, 6) is 0. The Morgan fingerprint density at radius 1 is 0.397 bits per heavy atom. The van der Waals surface area contributed by atoms with Crippen LogP contribution in [-0.4, -0.2) is 24.1 Å². The maximum Gasteiger partial charge on any atom is 0.0937 e. The fourth-order valence-electron chi connectivity index (χ4n) is 10.0. The molecule has 0 atom stereocenters. The highest BCUT2D eigenvalue weighted by Crippen LogP contribution is 2.61. The summed E-state index contributed by atoms with van der Waals surface area (Å²) in [6.45, 7) is 0. The van der Waals surface area contributed by atoms with E-state index in [0.717, 1.165) is 33.8 Å². The molecule has 13 rings (SSSR count). The van der Waals surface area contributed by atoms with Gasteiger partial charge in [-0.2, -0.15) is 0 Å². The first-order chi connectivity index (χ1) is 28.8. The third-order valence-electron chi connectivity index (χ3n) is 12.4. The molecular formula is C52H31N5S. The third-order valence-corrected chi connectivity index (χ3v) is 13.5. The van der Waals surface area contributed by atoms with Crippen LogP contribution in [0.4, 0.5) is 0 Å². The van der Waals surface area contributed by atoms with Crippen LogP contribution in [-0.2, 0) is 5.41 Å². The number of nitrogens with zero attached hydrogens (tertiary/aromatic N) is 5. The number of pyridine rings is 3. The van der Waals surface area contributed by atoms with Crippen LogP contribution in [0.5, 0.6) is 0 Å². The number of aromatic nitrogens is 5. The predicted octanol–water partition coefficient (Wildman–Crippen LogP) is 12.6. The van der Waals surface area contributed by atoms with Crippen LogP contribution in [0, 0.1) is 0 Å². The number of hydrogen-bond acceptors (Lipinski definition) is 4. The number of benzene rings is 6. The number of hydrogen-bond donors (Lipinski definition) is 0. The molecule has 11 aromatic rings. The van der Waals surface area contributed by atoms with E-state index < -0.39 is 5.41 Å². The normalized spacial score (nSPS) is 13.6. The Morgan fingerprint density at radius 3 is 1.55 bits per heavy atom. The molecule has 0 amide bonds. The maximum absolute atomic E-state index is 4.94. The minimum atomic E-state index is -0.533. The van der Waals surface area contributed by atoms with Crippen molar-refractivity contribution in [1.29, 1.82) is 0 Å². The summed E-state index contributed by atoms with van der Waals surface area (Å²) < 4.78 is 4.70. The van der Waals surface area contributed by atoms with Crippen LogP contribution in [0.15, 0.2) is 198 Å². The Hall–Kier alpha value is -7.28. The van der Waals surface area contributed by atoms with E-state index in [0.29, 0.717) is 0 Å². The summed E-state index contributed by atoms with van der Waals surface area (Å²) in [5, 5.41) is 4.88. The van der Waals surface area contributed by atoms with Crippen LogP contribution < -0.4 is 0 Å². The van der Waals surface area contributed by atoms with E-state index in [1.165, 1.54) is 75.7 Å². The zero-order valence-corrected chi connectivity index (χ0v) is 31.9. The van der Waals surface area contributed by atoms with Crippen LogP contribution in [0.25, 0.3) is 77.5 Å². The van der Waals surface area contributed by atoms with Crippen molar-refractivity contribution in [2.75, 3.05) is 0 Å². The van der Waals surface area contributed by atoms with E-state index in [1.807, 2.05) is 36.5 Å². The number of fused-ring (bicyclic) bond motifs is 15. The van der Waals surface area contributed by atoms with Crippen molar-refractivity contribution in [1.82, 2.24) is 24.1 Å². The first-order valence-electron chi connectivity index (χ1n) is 19.6. The summed E-state index contributed by atoms with van der Waals surface area (Å²) in [5.41, 5.74) is 15.3. The van der Waals surface area contributed by atoms with Crippen molar-refractivity contribution in [2.24, 2.45) is 0 Å². The van der Waals surface area contributed by atoms with E-state index in [4.69, 9.17) is 15.0 Å². The van der Waals surface area contributed by atoms with Crippen molar-refractivity contribution >= 4 is 55.4 Å². The summed E-state index contributed by atoms with van der Waals surface area (Å²) in [6, 6.07) is 59.7. The van der Waals surface area contributed by atoms with Crippen molar-refractivity contribution < 1.29 is 0 Å². The van der Waals surface area contributed by atoms with E-state index in [1.54, 1.807) is 0 Å². The van der Waals surface area contributed by atoms with Crippen LogP contribution >= 0.6 is 11.8 Å². The lowest BCUT2D eigenvalue weighted by Crippen LogP contribution is -2.32. The average Bonchev–Trinajstić information content (AvgIpc) is 3.91. The van der Waals surface area contributed by atoms with Gasteiger partial charge in [-0.3, -0.25) is 15.0 Å². The van der Waals surface area contributed by atoms with E-state index >= 15 is 0 Å². The second-order valence-electron chi connectivity index (χ2n) is 15.2. The molecular weight excluding hydrogens is 727 g/mol. The smallest absolute Gasteiger partial charge is 0.0937 e. The van der Waals surface area contributed by atoms with E-state index in [2.05, 4.69) is 173 Å². The highest BCUT2D eigenvalue weighted by atomic mass is 32.2. The fraction of sp³-hybridized carbons (Fsp3) is 0.0192. The van der Waals surface area contributed by atoms with Gasteiger partial charge in [-0.1, -0.05) is 109 Å². The van der Waals surface area contributed by atoms with Gasteiger partial charge < -0.3 is 9.13 Å². The molecule has 0 saturated carbocycles. The van der Waals surface area contributed by atoms with Gasteiger partial charge in [0.05, 0.1) is 62.6 Å². The molecule has 0 saturated heterocycles. The standard InChI is InChI=1S/C52H31N5S/c1-5-17-44-36(11-1)37-12-2-6-18-45(37)56(44)34-29-35(31-53-30-34)57-46-19-7-3-13-38(46)39-27-32(21-23-47(39)57)33-22-24-49-43(28-33)52(40-14-4-8-20-48(40)58-49)41-15-9-25-54-50(41)51-42(52)16-10-26-55-51/h1-31H. The van der Waals surface area contributed by atoms with Crippen LogP contribution in [0.3, 0.4) is 0 Å². The summed E-state index contributed by atoms with van der Waals surface area (Å²) >= 11 is 1.85. The molecule has 0 N–H and O–H groups in total. The molecule has 1 aliphatic carbocycles. The fourth-order valence-corrected chi connectivity index (χ4v) is 11.2. The second-order valence-corrected chi connectivity index (χ2v) is 16.3. The molecule has 0 fully saturated rings. The minimum absolute atomic E-state index is 0.533. The predicted molar refractivity (Wildman–Crippen MR) is 235 cm³/mol. The highest BCUT2D eigenvalue weighted by molar-refractivity contribution is 7.99. The zero-order valence-electron chi connectivity index (χ0n) is 31.0. The van der Waals surface area contributed by atoms with Crippen LogP contribution in [0.1, 0.15) is 22.3 Å². The van der Waals surface area contributed by atoms with Gasteiger partial charge in [0, 0.05) is 43.7 Å². The van der Waals surface area contributed by atoms with E-state index in [9.17, 15) is 0 Å². The molecule has 2 aliphatic rings. The van der Waals surface area contributed by atoms with Gasteiger partial charge in [-0.25, -0.2) is 0 Å². The van der Waals surface area contributed by atoms with Gasteiger partial charge in [0.2, 0.25) is 0 Å². The molecule has 58 heavy (non-hydrogen) atoms. The van der Waals surface area contributed by atoms with Gasteiger partial charge in [0.15, 0.2) is 0 Å². The molecule has 5 aromatic heterocycles. The molecule has 0 unspecified atom stereocenters. The summed E-state index contributed by atoms with van der Waals surface area (Å²) in [6.07, 6.45) is 7.73. The molecule has 0 bridgehead atoms. The Bertz CT molecular complexity index is 3420. The Kier molecular flexibility index (Phi) is 6.52. The first kappa shape index (κ1) is 31.9. The molecule has 6 aromatic carbocycles. The van der Waals surface area contributed by atoms with Crippen LogP contribution in [0.2, 0.25) is 0 Å². The van der Waals surface area contributed by atoms with Gasteiger partial charge >= 0.3 is 0 Å². The number of rotatable bonds is 3. The summed E-state index contributed by atoms with van der Waals surface area (Å²) in [4.78, 5) is 17.2. The van der Waals surface area contributed by atoms with Crippen molar-refractivity contribution in [3.8, 4) is 33.9 Å². The van der Waals surface area contributed by atoms with Gasteiger partial charge in [-0.05, 0) is 100 Å². The van der Waals surface area contributed by atoms with Gasteiger partial charge in [0.25, 0.3) is 0 Å². The lowest BCUT2D eigenvalue weighted by Gasteiger charge is -2.39. The maximum atomic E-state index is 4.94. The van der Waals surface area contributed by atoms with Crippen molar-refractivity contribution in [3.05, 3.63) is 211 Å². The van der Waals surface area contributed by atoms with Gasteiger partial charge in [0.1, 0.15) is 0 Å². The quantitative estimate of drug-likeness (QED) is 0.180. The largest absolute Gasteiger partial charge is 0.308 e. The monoisotopic (exact) mass is 757 g/mol. The molecule has 5 nitrogen and oxygen atoms in total. The third kappa shape index (κ3) is 4.19. The highest BCUT2D eigenvalue weighted by Gasteiger charge is 2.51. The van der Waals surface area contributed by atoms with Crippen molar-refractivity contribution in [2.45, 2.75) is 15.2 Å². The molecule has 6 heterocycles. The van der Waals surface area contributed by atoms with E-state index in [-0.39, 0.29) is 0 Å². The minimum Gasteiger partial charge on any atom is -0.308 e. The Labute approximate surface area is 337 Å². The molecule has 6 heteroatoms. The molecule has 270 valence electrons. The zero-order chi connectivity index (χ0) is 38.0. The average molecular weight is 758 g/mol. The molecule has 0 radical (unpaired) electrons. The Morgan fingerprint density at radius 2 is 0.897 bits per heavy atom. The lowest BCUT2D eigenvalue weighted by atomic mass is 9.67. The number of para-hydroxylation sites is 3. The molecule has 1 spiro atoms. The van der Waals surface area contributed by atoms with Crippen molar-refractivity contribution in [3.63, 3.8) is 0 Å². The first-order valence-corrected chi connectivity index (χ1v) is 20.4. The SMILES string of the molecule is c1ccc2c(c1)Sc1ccc(-c3ccc4c(c3)c3ccccc3n4-c3cncc(-n4c5ccccc5c5ccccc54)c3)cc1C21c2cccnc2-c2ncccc21. The Balaban J connectivity index is 1.00. The second kappa shape index (κ2) is 11.9. The summed E-state index contributed by atoms with van der Waals surface area (Å²) in [7, 11) is 0. The van der Waals surface area contributed by atoms with Gasteiger partial charge in [-0.15, -0.1) is 0 Å².